The maximum atomic E-state index is 4.73. The number of hydrazone groups is 1. The van der Waals surface area contributed by atoms with E-state index in [1.165, 1.54) is 25.0 Å². The SMILES string of the molecule is C1=C(NN=C(c2ccccc2)c2ccccc2)CCCCC1. The van der Waals surface area contributed by atoms with Gasteiger partial charge in [0.2, 0.25) is 0 Å². The maximum Gasteiger partial charge on any atom is 0.0977 e. The molecular weight excluding hydrogens is 268 g/mol. The Hall–Kier alpha value is -2.35. The third-order valence-electron chi connectivity index (χ3n) is 3.95. The Morgan fingerprint density at radius 2 is 1.41 bits per heavy atom. The summed E-state index contributed by atoms with van der Waals surface area (Å²) in [7, 11) is 0. The van der Waals surface area contributed by atoms with Crippen molar-refractivity contribution < 1.29 is 0 Å². The molecule has 0 saturated carbocycles. The highest BCUT2D eigenvalue weighted by Crippen LogP contribution is 2.16. The lowest BCUT2D eigenvalue weighted by Crippen LogP contribution is -2.12. The summed E-state index contributed by atoms with van der Waals surface area (Å²) in [6.07, 6.45) is 8.41. The number of hydrogen-bond acceptors (Lipinski definition) is 2. The van der Waals surface area contributed by atoms with E-state index in [-0.39, 0.29) is 0 Å². The second-order valence-electron chi connectivity index (χ2n) is 5.63. The molecule has 2 heteroatoms. The Balaban J connectivity index is 1.88. The Kier molecular flexibility index (Phi) is 5.04. The van der Waals surface area contributed by atoms with E-state index in [0.717, 1.165) is 29.7 Å². The minimum Gasteiger partial charge on any atom is -0.282 e. The van der Waals surface area contributed by atoms with E-state index in [4.69, 9.17) is 5.10 Å². The molecule has 0 aromatic heterocycles. The molecule has 2 aromatic carbocycles. The monoisotopic (exact) mass is 290 g/mol. The zero-order valence-corrected chi connectivity index (χ0v) is 12.8. The van der Waals surface area contributed by atoms with Crippen molar-refractivity contribution in [1.82, 2.24) is 5.43 Å². The molecule has 0 atom stereocenters. The quantitative estimate of drug-likeness (QED) is 0.630. The lowest BCUT2D eigenvalue weighted by atomic mass is 10.0. The van der Waals surface area contributed by atoms with Gasteiger partial charge in [0.15, 0.2) is 0 Å². The molecule has 0 fully saturated rings. The first-order valence-corrected chi connectivity index (χ1v) is 8.07. The Bertz CT molecular complexity index is 600. The summed E-state index contributed by atoms with van der Waals surface area (Å²) in [4.78, 5) is 0. The Morgan fingerprint density at radius 3 is 2.05 bits per heavy atom. The summed E-state index contributed by atoms with van der Waals surface area (Å²) in [6.45, 7) is 0. The summed E-state index contributed by atoms with van der Waals surface area (Å²) in [5.41, 5.74) is 7.82. The van der Waals surface area contributed by atoms with Gasteiger partial charge in [0.25, 0.3) is 0 Å². The number of nitrogens with zero attached hydrogens (tertiary/aromatic N) is 1. The normalized spacial score (nSPS) is 14.6. The van der Waals surface area contributed by atoms with Crippen molar-refractivity contribution in [2.75, 3.05) is 0 Å². The molecule has 0 spiro atoms. The molecule has 2 aromatic rings. The van der Waals surface area contributed by atoms with Gasteiger partial charge in [-0.3, -0.25) is 5.43 Å². The largest absolute Gasteiger partial charge is 0.282 e. The third kappa shape index (κ3) is 3.85. The van der Waals surface area contributed by atoms with Crippen molar-refractivity contribution in [2.45, 2.75) is 32.1 Å². The van der Waals surface area contributed by atoms with Crippen LogP contribution < -0.4 is 5.43 Å². The average Bonchev–Trinajstić information content (AvgIpc) is 2.86. The molecule has 22 heavy (non-hydrogen) atoms. The zero-order valence-electron chi connectivity index (χ0n) is 12.8. The predicted octanol–water partition coefficient (Wildman–Crippen LogP) is 4.88. The lowest BCUT2D eigenvalue weighted by Gasteiger charge is -2.10. The number of hydrogen-bond donors (Lipinski definition) is 1. The van der Waals surface area contributed by atoms with Crippen molar-refractivity contribution in [1.29, 1.82) is 0 Å². The van der Waals surface area contributed by atoms with Crippen molar-refractivity contribution in [2.24, 2.45) is 5.10 Å². The first kappa shape index (κ1) is 14.6. The molecule has 0 bridgehead atoms. The number of allylic oxidation sites excluding steroid dienone is 2. The Labute approximate surface area is 132 Å². The molecule has 0 aliphatic heterocycles. The van der Waals surface area contributed by atoms with E-state index in [9.17, 15) is 0 Å². The van der Waals surface area contributed by atoms with Crippen molar-refractivity contribution >= 4 is 5.71 Å². The highest BCUT2D eigenvalue weighted by molar-refractivity contribution is 6.12. The molecular formula is C20H22N2. The summed E-state index contributed by atoms with van der Waals surface area (Å²) in [6, 6.07) is 20.7. The average molecular weight is 290 g/mol. The van der Waals surface area contributed by atoms with Crippen LogP contribution in [0.3, 0.4) is 0 Å². The minimum absolute atomic E-state index is 0.992. The first-order valence-electron chi connectivity index (χ1n) is 8.07. The maximum absolute atomic E-state index is 4.73. The van der Waals surface area contributed by atoms with E-state index in [2.05, 4.69) is 60.0 Å². The number of nitrogens with one attached hydrogen (secondary N) is 1. The summed E-state index contributed by atoms with van der Waals surface area (Å²) in [5, 5.41) is 4.73. The molecule has 0 unspecified atom stereocenters. The molecule has 0 radical (unpaired) electrons. The van der Waals surface area contributed by atoms with E-state index in [1.807, 2.05) is 12.1 Å². The fourth-order valence-electron chi connectivity index (χ4n) is 2.73. The van der Waals surface area contributed by atoms with Crippen LogP contribution >= 0.6 is 0 Å². The van der Waals surface area contributed by atoms with Gasteiger partial charge in [0, 0.05) is 16.8 Å². The van der Waals surface area contributed by atoms with Crippen molar-refractivity contribution in [3.05, 3.63) is 83.6 Å². The molecule has 1 aliphatic carbocycles. The molecule has 2 nitrogen and oxygen atoms in total. The van der Waals surface area contributed by atoms with Gasteiger partial charge < -0.3 is 0 Å². The van der Waals surface area contributed by atoms with E-state index in [1.54, 1.807) is 0 Å². The molecule has 0 heterocycles. The van der Waals surface area contributed by atoms with Gasteiger partial charge >= 0.3 is 0 Å². The van der Waals surface area contributed by atoms with Gasteiger partial charge in [-0.05, 0) is 25.7 Å². The molecule has 3 rings (SSSR count). The van der Waals surface area contributed by atoms with Crippen LogP contribution in [0.1, 0.15) is 43.2 Å². The topological polar surface area (TPSA) is 24.4 Å². The van der Waals surface area contributed by atoms with Crippen LogP contribution in [0.4, 0.5) is 0 Å². The van der Waals surface area contributed by atoms with Crippen LogP contribution in [0, 0.1) is 0 Å². The summed E-state index contributed by atoms with van der Waals surface area (Å²) in [5.74, 6) is 0. The van der Waals surface area contributed by atoms with Gasteiger partial charge in [-0.15, -0.1) is 0 Å². The second-order valence-corrected chi connectivity index (χ2v) is 5.63. The summed E-state index contributed by atoms with van der Waals surface area (Å²) < 4.78 is 0. The summed E-state index contributed by atoms with van der Waals surface area (Å²) >= 11 is 0. The molecule has 0 amide bonds. The van der Waals surface area contributed by atoms with Crippen LogP contribution in [-0.2, 0) is 0 Å². The molecule has 1 N–H and O–H groups in total. The zero-order chi connectivity index (χ0) is 15.0. The van der Waals surface area contributed by atoms with Crippen LogP contribution in [0.25, 0.3) is 0 Å². The fraction of sp³-hybridized carbons (Fsp3) is 0.250. The van der Waals surface area contributed by atoms with Gasteiger partial charge in [0.05, 0.1) is 5.71 Å². The third-order valence-corrected chi connectivity index (χ3v) is 3.95. The second kappa shape index (κ2) is 7.60. The lowest BCUT2D eigenvalue weighted by molar-refractivity contribution is 0.691. The van der Waals surface area contributed by atoms with Gasteiger partial charge in [-0.2, -0.15) is 5.10 Å². The molecule has 1 aliphatic rings. The minimum atomic E-state index is 0.992. The van der Waals surface area contributed by atoms with Crippen LogP contribution in [0.5, 0.6) is 0 Å². The van der Waals surface area contributed by atoms with Crippen LogP contribution in [0.2, 0.25) is 0 Å². The van der Waals surface area contributed by atoms with Gasteiger partial charge in [-0.1, -0.05) is 73.2 Å². The highest BCUT2D eigenvalue weighted by Gasteiger charge is 2.07. The van der Waals surface area contributed by atoms with Crippen LogP contribution in [0.15, 0.2) is 77.5 Å². The van der Waals surface area contributed by atoms with E-state index >= 15 is 0 Å². The molecule has 0 saturated heterocycles. The fourth-order valence-corrected chi connectivity index (χ4v) is 2.73. The predicted molar refractivity (Wildman–Crippen MR) is 92.8 cm³/mol. The van der Waals surface area contributed by atoms with E-state index in [0.29, 0.717) is 0 Å². The van der Waals surface area contributed by atoms with Gasteiger partial charge in [0.1, 0.15) is 0 Å². The highest BCUT2D eigenvalue weighted by atomic mass is 15.3. The Morgan fingerprint density at radius 1 is 0.773 bits per heavy atom. The first-order chi connectivity index (χ1) is 10.9. The van der Waals surface area contributed by atoms with Gasteiger partial charge in [-0.25, -0.2) is 0 Å². The van der Waals surface area contributed by atoms with Crippen LogP contribution in [-0.4, -0.2) is 5.71 Å². The van der Waals surface area contributed by atoms with E-state index < -0.39 is 0 Å². The van der Waals surface area contributed by atoms with Crippen molar-refractivity contribution in [3.8, 4) is 0 Å². The standard InChI is InChI=1S/C20H22N2/c1-2-10-16-19(15-9-1)21-22-20(17-11-5-3-6-12-17)18-13-7-4-8-14-18/h3-8,11-15,21H,1-2,9-10,16H2. The number of rotatable bonds is 4. The number of benzene rings is 2. The van der Waals surface area contributed by atoms with Crippen molar-refractivity contribution in [3.63, 3.8) is 0 Å². The molecule has 112 valence electrons. The smallest absolute Gasteiger partial charge is 0.0977 e.